The monoisotopic (exact) mass is 288 g/mol. The molecule has 21 heavy (non-hydrogen) atoms. The maximum Gasteiger partial charge on any atom is 0.143 e. The van der Waals surface area contributed by atoms with E-state index in [1.165, 1.54) is 18.9 Å². The smallest absolute Gasteiger partial charge is 0.143 e. The van der Waals surface area contributed by atoms with E-state index in [2.05, 4.69) is 5.32 Å². The van der Waals surface area contributed by atoms with E-state index >= 15 is 0 Å². The summed E-state index contributed by atoms with van der Waals surface area (Å²) in [6, 6.07) is 7.02. The molecule has 112 valence electrons. The maximum absolute atomic E-state index is 13.7. The van der Waals surface area contributed by atoms with Gasteiger partial charge in [0.2, 0.25) is 0 Å². The Bertz CT molecular complexity index is 560. The zero-order valence-electron chi connectivity index (χ0n) is 12.4. The Morgan fingerprint density at radius 2 is 2.19 bits per heavy atom. The number of anilines is 1. The summed E-state index contributed by atoms with van der Waals surface area (Å²) in [5.74, 6) is -0.455. The van der Waals surface area contributed by atoms with Crippen LogP contribution < -0.4 is 5.32 Å². The molecule has 0 radical (unpaired) electrons. The Hall–Kier alpha value is -1.60. The highest BCUT2D eigenvalue weighted by atomic mass is 19.1. The lowest BCUT2D eigenvalue weighted by atomic mass is 9.60. The van der Waals surface area contributed by atoms with Gasteiger partial charge in [-0.05, 0) is 38.3 Å². The van der Waals surface area contributed by atoms with Crippen molar-refractivity contribution in [1.29, 1.82) is 5.26 Å². The quantitative estimate of drug-likeness (QED) is 0.915. The van der Waals surface area contributed by atoms with Gasteiger partial charge in [-0.1, -0.05) is 18.9 Å². The van der Waals surface area contributed by atoms with Gasteiger partial charge in [-0.15, -0.1) is 0 Å². The summed E-state index contributed by atoms with van der Waals surface area (Å²) in [5.41, 5.74) is 0.906. The van der Waals surface area contributed by atoms with Gasteiger partial charge in [0.05, 0.1) is 11.8 Å². The van der Waals surface area contributed by atoms with Crippen LogP contribution in [-0.4, -0.2) is 18.8 Å². The van der Waals surface area contributed by atoms with Gasteiger partial charge < -0.3 is 10.1 Å². The molecule has 1 N–H and O–H groups in total. The number of nitrogens with one attached hydrogen (secondary N) is 1. The first-order chi connectivity index (χ1) is 10.2. The van der Waals surface area contributed by atoms with Crippen LogP contribution in [0, 0.1) is 22.6 Å². The Labute approximate surface area is 125 Å². The molecule has 2 unspecified atom stereocenters. The molecular weight excluding hydrogens is 267 g/mol. The third-order valence-corrected chi connectivity index (χ3v) is 5.14. The molecule has 2 fully saturated rings. The van der Waals surface area contributed by atoms with Gasteiger partial charge in [0.1, 0.15) is 17.4 Å². The lowest BCUT2D eigenvalue weighted by Gasteiger charge is -2.54. The Balaban J connectivity index is 1.80. The molecular formula is C17H21FN2O. The average Bonchev–Trinajstić information content (AvgIpc) is 2.99. The van der Waals surface area contributed by atoms with Gasteiger partial charge >= 0.3 is 0 Å². The molecule has 1 aromatic carbocycles. The largest absolute Gasteiger partial charge is 0.380 e. The van der Waals surface area contributed by atoms with Crippen LogP contribution in [0.2, 0.25) is 0 Å². The van der Waals surface area contributed by atoms with Crippen molar-refractivity contribution < 1.29 is 9.13 Å². The fraction of sp³-hybridized carbons (Fsp3) is 0.588. The van der Waals surface area contributed by atoms with Gasteiger partial charge in [-0.2, -0.15) is 5.26 Å². The number of ether oxygens (including phenoxy) is 1. The molecule has 2 aliphatic carbocycles. The van der Waals surface area contributed by atoms with E-state index in [-0.39, 0.29) is 17.0 Å². The third-order valence-electron chi connectivity index (χ3n) is 5.14. The zero-order chi connectivity index (χ0) is 14.9. The van der Waals surface area contributed by atoms with Gasteiger partial charge in [-0.3, -0.25) is 0 Å². The van der Waals surface area contributed by atoms with E-state index in [4.69, 9.17) is 10.00 Å². The number of benzene rings is 1. The second kappa shape index (κ2) is 5.65. The summed E-state index contributed by atoms with van der Waals surface area (Å²) in [6.07, 6.45) is 6.03. The zero-order valence-corrected chi connectivity index (χ0v) is 12.4. The average molecular weight is 288 g/mol. The summed E-state index contributed by atoms with van der Waals surface area (Å²) in [4.78, 5) is 0. The number of nitrogens with zero attached hydrogens (tertiary/aromatic N) is 1. The SMILES string of the molecule is CCOC1CC(Nc2cccc(F)c2C#N)C12CCCC2. The lowest BCUT2D eigenvalue weighted by Crippen LogP contribution is -2.60. The van der Waals surface area contributed by atoms with Crippen molar-refractivity contribution in [2.45, 2.75) is 51.2 Å². The van der Waals surface area contributed by atoms with Crippen LogP contribution in [0.25, 0.3) is 0 Å². The van der Waals surface area contributed by atoms with E-state index in [0.717, 1.165) is 25.9 Å². The summed E-state index contributed by atoms with van der Waals surface area (Å²) < 4.78 is 19.6. The summed E-state index contributed by atoms with van der Waals surface area (Å²) in [7, 11) is 0. The summed E-state index contributed by atoms with van der Waals surface area (Å²) >= 11 is 0. The topological polar surface area (TPSA) is 45.0 Å². The van der Waals surface area contributed by atoms with Crippen molar-refractivity contribution >= 4 is 5.69 Å². The first kappa shape index (κ1) is 14.3. The standard InChI is InChI=1S/C17H21FN2O/c1-2-21-16-10-15(17(16)8-3-4-9-17)20-14-7-5-6-13(18)12(14)11-19/h5-7,15-16,20H,2-4,8-10H2,1H3. The molecule has 2 aliphatic rings. The van der Waals surface area contributed by atoms with Crippen LogP contribution in [-0.2, 0) is 4.74 Å². The normalized spacial score (nSPS) is 26.3. The Morgan fingerprint density at radius 1 is 1.43 bits per heavy atom. The second-order valence-corrected chi connectivity index (χ2v) is 6.09. The molecule has 0 heterocycles. The van der Waals surface area contributed by atoms with Crippen LogP contribution in [0.15, 0.2) is 18.2 Å². The van der Waals surface area contributed by atoms with Crippen molar-refractivity contribution in [3.63, 3.8) is 0 Å². The lowest BCUT2D eigenvalue weighted by molar-refractivity contribution is -0.114. The van der Waals surface area contributed by atoms with Crippen LogP contribution in [0.5, 0.6) is 0 Å². The summed E-state index contributed by atoms with van der Waals surface area (Å²) in [5, 5.41) is 12.6. The first-order valence-electron chi connectivity index (χ1n) is 7.78. The minimum Gasteiger partial charge on any atom is -0.380 e. The highest BCUT2D eigenvalue weighted by molar-refractivity contribution is 5.59. The van der Waals surface area contributed by atoms with Gasteiger partial charge in [0, 0.05) is 18.1 Å². The molecule has 0 aliphatic heterocycles. The summed E-state index contributed by atoms with van der Waals surface area (Å²) in [6.45, 7) is 2.77. The van der Waals surface area contributed by atoms with Crippen molar-refractivity contribution in [2.24, 2.45) is 5.41 Å². The molecule has 1 aromatic rings. The first-order valence-corrected chi connectivity index (χ1v) is 7.78. The highest BCUT2D eigenvalue weighted by Crippen LogP contribution is 2.55. The van der Waals surface area contributed by atoms with E-state index < -0.39 is 5.82 Å². The molecule has 3 nitrogen and oxygen atoms in total. The number of halogens is 1. The van der Waals surface area contributed by atoms with Crippen molar-refractivity contribution in [3.05, 3.63) is 29.6 Å². The number of rotatable bonds is 4. The molecule has 3 rings (SSSR count). The van der Waals surface area contributed by atoms with Crippen LogP contribution >= 0.6 is 0 Å². The predicted molar refractivity (Wildman–Crippen MR) is 79.5 cm³/mol. The van der Waals surface area contributed by atoms with Gasteiger partial charge in [0.25, 0.3) is 0 Å². The van der Waals surface area contributed by atoms with Crippen molar-refractivity contribution in [2.75, 3.05) is 11.9 Å². The number of hydrogen-bond acceptors (Lipinski definition) is 3. The van der Waals surface area contributed by atoms with E-state index in [0.29, 0.717) is 11.8 Å². The Kier molecular flexibility index (Phi) is 3.86. The fourth-order valence-corrected chi connectivity index (χ4v) is 4.03. The van der Waals surface area contributed by atoms with E-state index in [9.17, 15) is 4.39 Å². The molecule has 0 bridgehead atoms. The molecule has 0 saturated heterocycles. The minimum atomic E-state index is -0.455. The molecule has 2 saturated carbocycles. The minimum absolute atomic E-state index is 0.116. The van der Waals surface area contributed by atoms with E-state index in [1.807, 2.05) is 13.0 Å². The van der Waals surface area contributed by atoms with Gasteiger partial charge in [-0.25, -0.2) is 4.39 Å². The number of hydrogen-bond donors (Lipinski definition) is 1. The highest BCUT2D eigenvalue weighted by Gasteiger charge is 2.56. The third kappa shape index (κ3) is 2.30. The van der Waals surface area contributed by atoms with Crippen molar-refractivity contribution in [3.8, 4) is 6.07 Å². The van der Waals surface area contributed by atoms with Gasteiger partial charge in [0.15, 0.2) is 0 Å². The molecule has 4 heteroatoms. The number of nitriles is 1. The second-order valence-electron chi connectivity index (χ2n) is 6.09. The predicted octanol–water partition coefficient (Wildman–Crippen LogP) is 3.85. The van der Waals surface area contributed by atoms with E-state index in [1.54, 1.807) is 12.1 Å². The maximum atomic E-state index is 13.7. The molecule has 1 spiro atoms. The molecule has 0 amide bonds. The molecule has 0 aromatic heterocycles. The van der Waals surface area contributed by atoms with Crippen LogP contribution in [0.4, 0.5) is 10.1 Å². The molecule has 2 atom stereocenters. The fourth-order valence-electron chi connectivity index (χ4n) is 4.03. The van der Waals surface area contributed by atoms with Crippen LogP contribution in [0.1, 0.15) is 44.6 Å². The Morgan fingerprint density at radius 3 is 2.86 bits per heavy atom. The van der Waals surface area contributed by atoms with Crippen LogP contribution in [0.3, 0.4) is 0 Å². The van der Waals surface area contributed by atoms with Crippen molar-refractivity contribution in [1.82, 2.24) is 0 Å².